The van der Waals surface area contributed by atoms with Gasteiger partial charge >= 0.3 is 5.69 Å². The van der Waals surface area contributed by atoms with Crippen LogP contribution in [-0.4, -0.2) is 43.0 Å². The number of rotatable bonds is 9. The molecule has 0 fully saturated rings. The first-order chi connectivity index (χ1) is 9.95. The van der Waals surface area contributed by atoms with Crippen molar-refractivity contribution in [2.75, 3.05) is 37.8 Å². The summed E-state index contributed by atoms with van der Waals surface area (Å²) >= 11 is 0. The van der Waals surface area contributed by atoms with Gasteiger partial charge in [0, 0.05) is 12.6 Å². The Labute approximate surface area is 126 Å². The molecule has 1 aromatic carbocycles. The molecule has 0 aliphatic heterocycles. The first kappa shape index (κ1) is 17.2. The molecule has 1 unspecified atom stereocenters. The van der Waals surface area contributed by atoms with Crippen molar-refractivity contribution in [1.82, 2.24) is 4.90 Å². The van der Waals surface area contributed by atoms with E-state index in [1.807, 2.05) is 34.0 Å². The van der Waals surface area contributed by atoms with E-state index in [-0.39, 0.29) is 16.7 Å². The van der Waals surface area contributed by atoms with E-state index in [1.165, 1.54) is 0 Å². The van der Waals surface area contributed by atoms with Gasteiger partial charge in [-0.25, -0.2) is 0 Å². The Kier molecular flexibility index (Phi) is 6.94. The van der Waals surface area contributed by atoms with Crippen molar-refractivity contribution >= 4 is 17.1 Å². The quantitative estimate of drug-likeness (QED) is 0.541. The van der Waals surface area contributed by atoms with Crippen LogP contribution in [0.3, 0.4) is 0 Å². The first-order valence-corrected chi connectivity index (χ1v) is 7.38. The van der Waals surface area contributed by atoms with Crippen molar-refractivity contribution in [3.05, 3.63) is 28.3 Å². The minimum Gasteiger partial charge on any atom is -0.379 e. The summed E-state index contributed by atoms with van der Waals surface area (Å²) in [6, 6.07) is 5.53. The largest absolute Gasteiger partial charge is 0.379 e. The number of anilines is 2. The summed E-state index contributed by atoms with van der Waals surface area (Å²) in [5.41, 5.74) is 1.28. The highest BCUT2D eigenvalue weighted by Gasteiger charge is 2.20. The summed E-state index contributed by atoms with van der Waals surface area (Å²) in [4.78, 5) is 13.2. The van der Waals surface area contributed by atoms with Crippen molar-refractivity contribution < 1.29 is 4.92 Å². The molecular weight excluding hydrogens is 268 g/mol. The van der Waals surface area contributed by atoms with Gasteiger partial charge in [-0.2, -0.15) is 0 Å². The number of nitrogens with zero attached hydrogens (tertiary/aromatic N) is 2. The van der Waals surface area contributed by atoms with E-state index in [0.717, 1.165) is 25.9 Å². The van der Waals surface area contributed by atoms with Crippen LogP contribution in [0.25, 0.3) is 0 Å². The third-order valence-corrected chi connectivity index (χ3v) is 3.20. The summed E-state index contributed by atoms with van der Waals surface area (Å²) < 4.78 is 0. The fourth-order valence-corrected chi connectivity index (χ4v) is 2.05. The van der Waals surface area contributed by atoms with E-state index in [4.69, 9.17) is 0 Å². The highest BCUT2D eigenvalue weighted by atomic mass is 16.6. The number of para-hydroxylation sites is 1. The summed E-state index contributed by atoms with van der Waals surface area (Å²) in [5.74, 6) is 0. The molecule has 6 nitrogen and oxygen atoms in total. The minimum atomic E-state index is -0.320. The molecule has 6 heteroatoms. The van der Waals surface area contributed by atoms with E-state index in [2.05, 4.69) is 15.5 Å². The predicted molar refractivity (Wildman–Crippen MR) is 88.1 cm³/mol. The summed E-state index contributed by atoms with van der Waals surface area (Å²) in [5, 5.41) is 17.7. The molecule has 0 saturated carbocycles. The maximum Gasteiger partial charge on any atom is 0.315 e. The minimum absolute atomic E-state index is 0.127. The van der Waals surface area contributed by atoms with Crippen molar-refractivity contribution in [3.8, 4) is 0 Å². The number of nitro benzene ring substituents is 1. The fraction of sp³-hybridized carbons (Fsp3) is 0.600. The Morgan fingerprint density at radius 1 is 1.33 bits per heavy atom. The predicted octanol–water partition coefficient (Wildman–Crippen LogP) is 3.17. The molecule has 21 heavy (non-hydrogen) atoms. The number of nitro groups is 1. The summed E-state index contributed by atoms with van der Waals surface area (Å²) in [7, 11) is 4.04. The Morgan fingerprint density at radius 2 is 2.00 bits per heavy atom. The summed E-state index contributed by atoms with van der Waals surface area (Å²) in [6.45, 7) is 5.74. The highest BCUT2D eigenvalue weighted by Crippen LogP contribution is 2.33. The number of nitrogens with one attached hydrogen (secondary N) is 2. The summed E-state index contributed by atoms with van der Waals surface area (Å²) in [6.07, 6.45) is 1.85. The maximum absolute atomic E-state index is 11.4. The van der Waals surface area contributed by atoms with Crippen molar-refractivity contribution in [3.63, 3.8) is 0 Å². The second-order valence-electron chi connectivity index (χ2n) is 5.52. The van der Waals surface area contributed by atoms with Crippen molar-refractivity contribution in [1.29, 1.82) is 0 Å². The van der Waals surface area contributed by atoms with Gasteiger partial charge < -0.3 is 15.5 Å². The molecule has 0 amide bonds. The van der Waals surface area contributed by atoms with Gasteiger partial charge in [0.1, 0.15) is 11.4 Å². The van der Waals surface area contributed by atoms with Gasteiger partial charge in [-0.05, 0) is 52.5 Å². The maximum atomic E-state index is 11.4. The van der Waals surface area contributed by atoms with Crippen molar-refractivity contribution in [2.24, 2.45) is 0 Å². The zero-order chi connectivity index (χ0) is 15.8. The molecule has 0 aliphatic rings. The van der Waals surface area contributed by atoms with E-state index in [9.17, 15) is 10.1 Å². The van der Waals surface area contributed by atoms with Crippen LogP contribution in [-0.2, 0) is 0 Å². The van der Waals surface area contributed by atoms with Crippen LogP contribution < -0.4 is 10.6 Å². The molecule has 0 aromatic heterocycles. The number of hydrogen-bond donors (Lipinski definition) is 2. The lowest BCUT2D eigenvalue weighted by atomic mass is 10.1. The molecule has 0 bridgehead atoms. The lowest BCUT2D eigenvalue weighted by Gasteiger charge is -2.18. The standard InChI is InChI=1S/C15H26N4O2/c1-5-10-16-13-7-6-8-14(15(13)19(20)21)17-12(2)9-11-18(3)4/h6-8,12,16-17H,5,9-11H2,1-4H3. The monoisotopic (exact) mass is 294 g/mol. The lowest BCUT2D eigenvalue weighted by molar-refractivity contribution is -0.383. The van der Waals surface area contributed by atoms with E-state index >= 15 is 0 Å². The molecule has 0 spiro atoms. The molecule has 0 radical (unpaired) electrons. The molecule has 2 N–H and O–H groups in total. The number of benzene rings is 1. The zero-order valence-electron chi connectivity index (χ0n) is 13.3. The van der Waals surface area contributed by atoms with Gasteiger partial charge in [0.15, 0.2) is 0 Å². The lowest BCUT2D eigenvalue weighted by Crippen LogP contribution is -2.23. The van der Waals surface area contributed by atoms with Crippen LogP contribution in [0, 0.1) is 10.1 Å². The Balaban J connectivity index is 2.87. The Bertz CT molecular complexity index is 463. The van der Waals surface area contributed by atoms with Crippen LogP contribution >= 0.6 is 0 Å². The average Bonchev–Trinajstić information content (AvgIpc) is 2.42. The molecule has 1 rings (SSSR count). The van der Waals surface area contributed by atoms with E-state index < -0.39 is 0 Å². The third-order valence-electron chi connectivity index (χ3n) is 3.20. The average molecular weight is 294 g/mol. The second kappa shape index (κ2) is 8.46. The van der Waals surface area contributed by atoms with Crippen LogP contribution in [0.15, 0.2) is 18.2 Å². The van der Waals surface area contributed by atoms with Crippen LogP contribution in [0.1, 0.15) is 26.7 Å². The smallest absolute Gasteiger partial charge is 0.315 e. The van der Waals surface area contributed by atoms with E-state index in [0.29, 0.717) is 11.4 Å². The molecule has 0 saturated heterocycles. The van der Waals surface area contributed by atoms with Crippen molar-refractivity contribution in [2.45, 2.75) is 32.7 Å². The molecule has 1 aromatic rings. The van der Waals surface area contributed by atoms with Gasteiger partial charge in [0.2, 0.25) is 0 Å². The van der Waals surface area contributed by atoms with Crippen LogP contribution in [0.4, 0.5) is 17.1 Å². The molecule has 1 atom stereocenters. The Morgan fingerprint density at radius 3 is 2.57 bits per heavy atom. The van der Waals surface area contributed by atoms with Crippen LogP contribution in [0.2, 0.25) is 0 Å². The number of hydrogen-bond acceptors (Lipinski definition) is 5. The third kappa shape index (κ3) is 5.59. The van der Waals surface area contributed by atoms with Gasteiger partial charge in [-0.3, -0.25) is 10.1 Å². The zero-order valence-corrected chi connectivity index (χ0v) is 13.3. The van der Waals surface area contributed by atoms with Gasteiger partial charge in [-0.1, -0.05) is 13.0 Å². The topological polar surface area (TPSA) is 70.4 Å². The molecule has 0 heterocycles. The highest BCUT2D eigenvalue weighted by molar-refractivity contribution is 5.76. The van der Waals surface area contributed by atoms with Gasteiger partial charge in [-0.15, -0.1) is 0 Å². The van der Waals surface area contributed by atoms with Gasteiger partial charge in [0.25, 0.3) is 0 Å². The fourth-order valence-electron chi connectivity index (χ4n) is 2.05. The Hall–Kier alpha value is -1.82. The van der Waals surface area contributed by atoms with Crippen LogP contribution in [0.5, 0.6) is 0 Å². The SMILES string of the molecule is CCCNc1cccc(NC(C)CCN(C)C)c1[N+](=O)[O-]. The molecule has 118 valence electrons. The van der Waals surface area contributed by atoms with Gasteiger partial charge in [0.05, 0.1) is 4.92 Å². The second-order valence-corrected chi connectivity index (χ2v) is 5.52. The normalized spacial score (nSPS) is 12.2. The first-order valence-electron chi connectivity index (χ1n) is 7.38. The molecular formula is C15H26N4O2. The van der Waals surface area contributed by atoms with E-state index in [1.54, 1.807) is 12.1 Å². The molecule has 0 aliphatic carbocycles.